The minimum absolute atomic E-state index is 0.160. The molecule has 1 amide bonds. The van der Waals surface area contributed by atoms with Gasteiger partial charge in [-0.2, -0.15) is 0 Å². The van der Waals surface area contributed by atoms with Gasteiger partial charge >= 0.3 is 5.97 Å². The summed E-state index contributed by atoms with van der Waals surface area (Å²) in [5.74, 6) is -2.32. The van der Waals surface area contributed by atoms with E-state index in [1.807, 2.05) is 0 Å². The van der Waals surface area contributed by atoms with Crippen molar-refractivity contribution < 1.29 is 18.7 Å². The fourth-order valence-corrected chi connectivity index (χ4v) is 2.13. The molecule has 0 bridgehead atoms. The predicted octanol–water partition coefficient (Wildman–Crippen LogP) is 4.24. The van der Waals surface area contributed by atoms with Crippen LogP contribution in [-0.4, -0.2) is 18.5 Å². The van der Waals surface area contributed by atoms with E-state index in [9.17, 15) is 14.0 Å². The number of benzene rings is 2. The van der Waals surface area contributed by atoms with Gasteiger partial charge in [-0.3, -0.25) is 4.79 Å². The molecule has 2 rings (SSSR count). The Bertz CT molecular complexity index is 765. The predicted molar refractivity (Wildman–Crippen MR) is 86.5 cm³/mol. The summed E-state index contributed by atoms with van der Waals surface area (Å²) in [6.45, 7) is 1.19. The second-order valence-electron chi connectivity index (χ2n) is 4.66. The maximum absolute atomic E-state index is 13.6. The van der Waals surface area contributed by atoms with Crippen LogP contribution in [0.25, 0.3) is 0 Å². The Morgan fingerprint density at radius 2 is 1.96 bits per heavy atom. The molecule has 1 N–H and O–H groups in total. The van der Waals surface area contributed by atoms with Crippen molar-refractivity contribution >= 4 is 40.8 Å². The van der Waals surface area contributed by atoms with Crippen LogP contribution in [0.4, 0.5) is 10.1 Å². The molecule has 0 unspecified atom stereocenters. The molecule has 0 heterocycles. The average molecular weight is 356 g/mol. The maximum atomic E-state index is 13.6. The van der Waals surface area contributed by atoms with Crippen molar-refractivity contribution in [2.75, 3.05) is 11.9 Å². The third-order valence-corrected chi connectivity index (χ3v) is 3.67. The van der Waals surface area contributed by atoms with E-state index in [0.717, 1.165) is 6.07 Å². The number of hydrogen-bond acceptors (Lipinski definition) is 3. The van der Waals surface area contributed by atoms with E-state index in [4.69, 9.17) is 27.9 Å². The lowest BCUT2D eigenvalue weighted by molar-refractivity contribution is -0.119. The number of nitrogens with one attached hydrogen (secondary N) is 1. The van der Waals surface area contributed by atoms with E-state index in [2.05, 4.69) is 5.32 Å². The Morgan fingerprint density at radius 3 is 2.65 bits per heavy atom. The zero-order valence-corrected chi connectivity index (χ0v) is 13.5. The summed E-state index contributed by atoms with van der Waals surface area (Å²) in [7, 11) is 0. The molecule has 7 heteroatoms. The fraction of sp³-hybridized carbons (Fsp3) is 0.125. The number of halogens is 3. The van der Waals surface area contributed by atoms with E-state index in [-0.39, 0.29) is 10.6 Å². The molecule has 0 atom stereocenters. The Balaban J connectivity index is 1.96. The highest BCUT2D eigenvalue weighted by Gasteiger charge is 2.15. The van der Waals surface area contributed by atoms with Crippen LogP contribution in [0.1, 0.15) is 15.9 Å². The van der Waals surface area contributed by atoms with Gasteiger partial charge in [-0.1, -0.05) is 29.3 Å². The van der Waals surface area contributed by atoms with Gasteiger partial charge in [-0.25, -0.2) is 9.18 Å². The molecule has 120 valence electrons. The van der Waals surface area contributed by atoms with Crippen molar-refractivity contribution in [2.45, 2.75) is 6.92 Å². The van der Waals surface area contributed by atoms with Crippen molar-refractivity contribution in [3.63, 3.8) is 0 Å². The van der Waals surface area contributed by atoms with Crippen LogP contribution in [0.5, 0.6) is 0 Å². The van der Waals surface area contributed by atoms with Crippen molar-refractivity contribution in [3.05, 3.63) is 63.4 Å². The lowest BCUT2D eigenvalue weighted by atomic mass is 10.2. The van der Waals surface area contributed by atoms with Crippen LogP contribution < -0.4 is 5.32 Å². The number of carbonyl (C=O) groups excluding carboxylic acids is 2. The smallest absolute Gasteiger partial charge is 0.341 e. The molecule has 0 fully saturated rings. The molecule has 0 aromatic heterocycles. The molecular weight excluding hydrogens is 344 g/mol. The van der Waals surface area contributed by atoms with E-state index in [1.165, 1.54) is 12.1 Å². The molecule has 2 aromatic carbocycles. The summed E-state index contributed by atoms with van der Waals surface area (Å²) >= 11 is 11.5. The van der Waals surface area contributed by atoms with Gasteiger partial charge in [0.1, 0.15) is 5.82 Å². The number of anilines is 1. The molecule has 23 heavy (non-hydrogen) atoms. The topological polar surface area (TPSA) is 55.4 Å². The van der Waals surface area contributed by atoms with E-state index >= 15 is 0 Å². The van der Waals surface area contributed by atoms with Crippen molar-refractivity contribution in [1.29, 1.82) is 0 Å². The van der Waals surface area contributed by atoms with Crippen LogP contribution in [-0.2, 0) is 9.53 Å². The number of esters is 1. The van der Waals surface area contributed by atoms with Crippen LogP contribution in [0.15, 0.2) is 36.4 Å². The van der Waals surface area contributed by atoms with Gasteiger partial charge in [0.25, 0.3) is 5.91 Å². The number of ether oxygens (including phenoxy) is 1. The maximum Gasteiger partial charge on any atom is 0.341 e. The third kappa shape index (κ3) is 4.43. The molecule has 2 aromatic rings. The van der Waals surface area contributed by atoms with Crippen molar-refractivity contribution in [3.8, 4) is 0 Å². The molecule has 0 saturated carbocycles. The molecule has 0 saturated heterocycles. The summed E-state index contributed by atoms with van der Waals surface area (Å²) in [5.41, 5.74) is 0.912. The molecule has 0 radical (unpaired) electrons. The Kier molecular flexibility index (Phi) is 5.58. The highest BCUT2D eigenvalue weighted by Crippen LogP contribution is 2.22. The number of amides is 1. The van der Waals surface area contributed by atoms with Crippen LogP contribution in [0, 0.1) is 12.7 Å². The van der Waals surface area contributed by atoms with Gasteiger partial charge in [0.05, 0.1) is 5.56 Å². The monoisotopic (exact) mass is 355 g/mol. The largest absolute Gasteiger partial charge is 0.452 e. The molecule has 0 aliphatic carbocycles. The van der Waals surface area contributed by atoms with Crippen molar-refractivity contribution in [1.82, 2.24) is 0 Å². The highest BCUT2D eigenvalue weighted by atomic mass is 35.5. The summed E-state index contributed by atoms with van der Waals surface area (Å²) in [5, 5.41) is 3.23. The third-order valence-electron chi connectivity index (χ3n) is 3.03. The molecule has 4 nitrogen and oxygen atoms in total. The van der Waals surface area contributed by atoms with Gasteiger partial charge < -0.3 is 10.1 Å². The highest BCUT2D eigenvalue weighted by molar-refractivity contribution is 6.31. The van der Waals surface area contributed by atoms with Gasteiger partial charge in [-0.15, -0.1) is 0 Å². The van der Waals surface area contributed by atoms with E-state index in [1.54, 1.807) is 25.1 Å². The SMILES string of the molecule is Cc1c(Cl)cccc1NC(=O)COC(=O)c1ccc(Cl)cc1F. The summed E-state index contributed by atoms with van der Waals surface area (Å²) in [6.07, 6.45) is 0. The van der Waals surface area contributed by atoms with E-state index < -0.39 is 24.3 Å². The first-order valence-corrected chi connectivity index (χ1v) is 7.31. The first kappa shape index (κ1) is 17.2. The van der Waals surface area contributed by atoms with Crippen LogP contribution >= 0.6 is 23.2 Å². The van der Waals surface area contributed by atoms with Gasteiger partial charge in [0.15, 0.2) is 6.61 Å². The fourth-order valence-electron chi connectivity index (χ4n) is 1.79. The molecule has 0 aliphatic rings. The molecule has 0 spiro atoms. The minimum atomic E-state index is -0.947. The number of rotatable bonds is 4. The Labute approximate surface area is 142 Å². The standard InChI is InChI=1S/C16H12Cl2FNO3/c1-9-12(18)3-2-4-14(9)20-15(21)8-23-16(22)11-6-5-10(17)7-13(11)19/h2-7H,8H2,1H3,(H,20,21). The summed E-state index contributed by atoms with van der Waals surface area (Å²) < 4.78 is 18.4. The summed E-state index contributed by atoms with van der Waals surface area (Å²) in [6, 6.07) is 8.58. The van der Waals surface area contributed by atoms with Crippen LogP contribution in [0.2, 0.25) is 10.0 Å². The van der Waals surface area contributed by atoms with Crippen molar-refractivity contribution in [2.24, 2.45) is 0 Å². The number of hydrogen-bond donors (Lipinski definition) is 1. The summed E-state index contributed by atoms with van der Waals surface area (Å²) in [4.78, 5) is 23.6. The first-order chi connectivity index (χ1) is 10.9. The first-order valence-electron chi connectivity index (χ1n) is 6.55. The lowest BCUT2D eigenvalue weighted by Crippen LogP contribution is -2.21. The number of carbonyl (C=O) groups is 2. The second-order valence-corrected chi connectivity index (χ2v) is 5.50. The lowest BCUT2D eigenvalue weighted by Gasteiger charge is -2.10. The van der Waals surface area contributed by atoms with Gasteiger partial charge in [0.2, 0.25) is 0 Å². The zero-order valence-electron chi connectivity index (χ0n) is 12.0. The zero-order chi connectivity index (χ0) is 17.0. The Morgan fingerprint density at radius 1 is 1.22 bits per heavy atom. The van der Waals surface area contributed by atoms with Gasteiger partial charge in [0, 0.05) is 15.7 Å². The molecule has 0 aliphatic heterocycles. The second kappa shape index (κ2) is 7.44. The normalized spacial score (nSPS) is 10.3. The Hall–Kier alpha value is -2.11. The average Bonchev–Trinajstić information content (AvgIpc) is 2.49. The quantitative estimate of drug-likeness (QED) is 0.834. The minimum Gasteiger partial charge on any atom is -0.452 e. The van der Waals surface area contributed by atoms with Crippen LogP contribution in [0.3, 0.4) is 0 Å². The molecular formula is C16H12Cl2FNO3. The van der Waals surface area contributed by atoms with E-state index in [0.29, 0.717) is 16.3 Å². The van der Waals surface area contributed by atoms with Gasteiger partial charge in [-0.05, 0) is 42.8 Å².